The summed E-state index contributed by atoms with van der Waals surface area (Å²) < 4.78 is 5.25. The molecule has 0 heterocycles. The van der Waals surface area contributed by atoms with E-state index < -0.39 is 0 Å². The van der Waals surface area contributed by atoms with Crippen LogP contribution in [-0.4, -0.2) is 0 Å². The first-order valence-electron chi connectivity index (χ1n) is 24.3. The van der Waals surface area contributed by atoms with Gasteiger partial charge in [0.1, 0.15) is 0 Å². The SMILES string of the molecule is CCCCCCCCCCc1cc(Br)c(CCCCCCCCCC)cc1Br.CCCCCCCCCCc1cc(Br)c(CCCCCCCCCC)cc1Br. The zero-order chi connectivity index (χ0) is 40.9. The fraction of sp³-hybridized carbons (Fsp3) is 0.769. The molecule has 0 radical (unpaired) electrons. The van der Waals surface area contributed by atoms with Crippen LogP contribution in [0.3, 0.4) is 0 Å². The highest BCUT2D eigenvalue weighted by Gasteiger charge is 2.09. The lowest BCUT2D eigenvalue weighted by atomic mass is 10.0. The summed E-state index contributed by atoms with van der Waals surface area (Å²) in [5.41, 5.74) is 5.88. The third kappa shape index (κ3) is 29.6. The van der Waals surface area contributed by atoms with Crippen LogP contribution in [0, 0.1) is 0 Å². The lowest BCUT2D eigenvalue weighted by Crippen LogP contribution is -1.94. The topological polar surface area (TPSA) is 0 Å². The molecule has 0 bridgehead atoms. The van der Waals surface area contributed by atoms with Crippen molar-refractivity contribution >= 4 is 63.7 Å². The second-order valence-corrected chi connectivity index (χ2v) is 20.4. The Morgan fingerprint density at radius 1 is 0.232 bits per heavy atom. The molecule has 0 saturated heterocycles. The lowest BCUT2D eigenvalue weighted by Gasteiger charge is -2.11. The van der Waals surface area contributed by atoms with E-state index in [1.807, 2.05) is 0 Å². The van der Waals surface area contributed by atoms with Crippen LogP contribution in [0.4, 0.5) is 0 Å². The van der Waals surface area contributed by atoms with Gasteiger partial charge in [0.2, 0.25) is 0 Å². The quantitative estimate of drug-likeness (QED) is 0.0597. The molecule has 0 unspecified atom stereocenters. The summed E-state index contributed by atoms with van der Waals surface area (Å²) >= 11 is 15.3. The summed E-state index contributed by atoms with van der Waals surface area (Å²) in [6, 6.07) is 9.47. The molecule has 2 rings (SSSR count). The number of halogens is 4. The third-order valence-electron chi connectivity index (χ3n) is 11.6. The smallest absolute Gasteiger partial charge is 0.0210 e. The highest BCUT2D eigenvalue weighted by Crippen LogP contribution is 2.30. The highest BCUT2D eigenvalue weighted by molar-refractivity contribution is 9.11. The monoisotopic (exact) mass is 1030 g/mol. The fourth-order valence-corrected chi connectivity index (χ4v) is 10.2. The zero-order valence-corrected chi connectivity index (χ0v) is 43.6. The number of benzene rings is 2. The van der Waals surface area contributed by atoms with Crippen molar-refractivity contribution in [3.8, 4) is 0 Å². The number of unbranched alkanes of at least 4 members (excludes halogenated alkanes) is 28. The van der Waals surface area contributed by atoms with Crippen LogP contribution < -0.4 is 0 Å². The summed E-state index contributed by atoms with van der Waals surface area (Å²) in [5, 5.41) is 0. The Labute approximate surface area is 384 Å². The maximum absolute atomic E-state index is 3.83. The Morgan fingerprint density at radius 2 is 0.375 bits per heavy atom. The first kappa shape index (κ1) is 54.4. The third-order valence-corrected chi connectivity index (χ3v) is 14.6. The van der Waals surface area contributed by atoms with Crippen molar-refractivity contribution in [1.29, 1.82) is 0 Å². The van der Waals surface area contributed by atoms with Crippen molar-refractivity contribution in [2.45, 2.75) is 259 Å². The van der Waals surface area contributed by atoms with Gasteiger partial charge >= 0.3 is 0 Å². The van der Waals surface area contributed by atoms with E-state index in [1.165, 1.54) is 271 Å². The average molecular weight is 1030 g/mol. The standard InChI is InChI=1S/2C26H44Br2/c2*1-3-5-7-9-11-13-15-17-19-23-21-26(28)24(22-25(23)27)20-18-16-14-12-10-8-6-4-2/h2*21-22H,3-20H2,1-2H3. The predicted octanol–water partition coefficient (Wildman–Crippen LogP) is 21.2. The van der Waals surface area contributed by atoms with Gasteiger partial charge in [0.15, 0.2) is 0 Å². The molecule has 0 aliphatic carbocycles. The Bertz CT molecular complexity index is 991. The lowest BCUT2D eigenvalue weighted by molar-refractivity contribution is 0.574. The van der Waals surface area contributed by atoms with Gasteiger partial charge in [-0.1, -0.05) is 271 Å². The van der Waals surface area contributed by atoms with Gasteiger partial charge in [-0.3, -0.25) is 0 Å². The number of aryl methyl sites for hydroxylation is 4. The van der Waals surface area contributed by atoms with Crippen LogP contribution in [0.25, 0.3) is 0 Å². The van der Waals surface area contributed by atoms with Crippen LogP contribution in [0.15, 0.2) is 42.2 Å². The van der Waals surface area contributed by atoms with E-state index in [-0.39, 0.29) is 0 Å². The predicted molar refractivity (Wildman–Crippen MR) is 269 cm³/mol. The van der Waals surface area contributed by atoms with Crippen LogP contribution in [0.2, 0.25) is 0 Å². The summed E-state index contributed by atoms with van der Waals surface area (Å²) in [7, 11) is 0. The molecule has 0 aliphatic heterocycles. The van der Waals surface area contributed by atoms with Crippen molar-refractivity contribution in [2.24, 2.45) is 0 Å². The van der Waals surface area contributed by atoms with Gasteiger partial charge in [0, 0.05) is 17.9 Å². The summed E-state index contributed by atoms with van der Waals surface area (Å²) in [6.07, 6.45) is 49.3. The van der Waals surface area contributed by atoms with Crippen molar-refractivity contribution in [1.82, 2.24) is 0 Å². The van der Waals surface area contributed by atoms with Crippen molar-refractivity contribution < 1.29 is 0 Å². The molecule has 0 atom stereocenters. The second kappa shape index (κ2) is 39.5. The van der Waals surface area contributed by atoms with Gasteiger partial charge in [-0.25, -0.2) is 0 Å². The van der Waals surface area contributed by atoms with E-state index in [9.17, 15) is 0 Å². The maximum Gasteiger partial charge on any atom is 0.0210 e. The molecule has 0 N–H and O–H groups in total. The van der Waals surface area contributed by atoms with E-state index in [0.29, 0.717) is 0 Å². The van der Waals surface area contributed by atoms with Crippen molar-refractivity contribution in [2.75, 3.05) is 0 Å². The maximum atomic E-state index is 3.83. The molecule has 0 fully saturated rings. The van der Waals surface area contributed by atoms with Gasteiger partial charge < -0.3 is 0 Å². The summed E-state index contributed by atoms with van der Waals surface area (Å²) in [6.45, 7) is 9.15. The van der Waals surface area contributed by atoms with Gasteiger partial charge in [-0.2, -0.15) is 0 Å². The molecule has 0 nitrogen and oxygen atoms in total. The van der Waals surface area contributed by atoms with Gasteiger partial charge in [-0.05, 0) is 97.9 Å². The Kier molecular flexibility index (Phi) is 38.3. The molecular formula is C52H88Br4. The minimum Gasteiger partial charge on any atom is -0.0654 e. The van der Waals surface area contributed by atoms with E-state index in [1.54, 1.807) is 0 Å². The van der Waals surface area contributed by atoms with Crippen LogP contribution in [-0.2, 0) is 25.7 Å². The summed E-state index contributed by atoms with van der Waals surface area (Å²) in [5.74, 6) is 0. The normalized spacial score (nSPS) is 11.3. The van der Waals surface area contributed by atoms with Crippen molar-refractivity contribution in [3.63, 3.8) is 0 Å². The Hall–Kier alpha value is 0.360. The molecule has 56 heavy (non-hydrogen) atoms. The molecule has 0 saturated carbocycles. The number of hydrogen-bond acceptors (Lipinski definition) is 0. The van der Waals surface area contributed by atoms with E-state index >= 15 is 0 Å². The van der Waals surface area contributed by atoms with Gasteiger partial charge in [0.25, 0.3) is 0 Å². The second-order valence-electron chi connectivity index (χ2n) is 17.0. The van der Waals surface area contributed by atoms with E-state index in [4.69, 9.17) is 0 Å². The van der Waals surface area contributed by atoms with Gasteiger partial charge in [0.05, 0.1) is 0 Å². The van der Waals surface area contributed by atoms with Crippen LogP contribution in [0.5, 0.6) is 0 Å². The first-order valence-corrected chi connectivity index (χ1v) is 27.5. The minimum atomic E-state index is 1.20. The van der Waals surface area contributed by atoms with Crippen LogP contribution >= 0.6 is 63.7 Å². The molecule has 2 aromatic carbocycles. The summed E-state index contributed by atoms with van der Waals surface area (Å²) in [4.78, 5) is 0. The van der Waals surface area contributed by atoms with Crippen molar-refractivity contribution in [3.05, 3.63) is 64.4 Å². The first-order chi connectivity index (χ1) is 27.4. The zero-order valence-electron chi connectivity index (χ0n) is 37.3. The largest absolute Gasteiger partial charge is 0.0654 e. The molecular weight excluding hydrogens is 944 g/mol. The number of hydrogen-bond donors (Lipinski definition) is 0. The average Bonchev–Trinajstić information content (AvgIpc) is 3.19. The molecule has 2 aromatic rings. The number of rotatable bonds is 36. The van der Waals surface area contributed by atoms with E-state index in [2.05, 4.69) is 116 Å². The molecule has 324 valence electrons. The fourth-order valence-electron chi connectivity index (χ4n) is 7.82. The minimum absolute atomic E-state index is 1.20. The van der Waals surface area contributed by atoms with Crippen LogP contribution in [0.1, 0.15) is 255 Å². The van der Waals surface area contributed by atoms with Gasteiger partial charge in [-0.15, -0.1) is 0 Å². The molecule has 0 spiro atoms. The molecule has 0 amide bonds. The molecule has 0 aliphatic rings. The Morgan fingerprint density at radius 3 is 0.536 bits per heavy atom. The molecule has 0 aromatic heterocycles. The van der Waals surface area contributed by atoms with E-state index in [0.717, 1.165) is 0 Å². The molecule has 4 heteroatoms. The highest BCUT2D eigenvalue weighted by atomic mass is 79.9. The Balaban J connectivity index is 0.000000560.